The van der Waals surface area contributed by atoms with E-state index in [9.17, 15) is 8.42 Å². The SMILES string of the molecule is CCNC(=NCc1ccc(S(=O)(=O)N(C)C(C)C)cc1)NCCCOCC1CC1.I. The molecular formula is C21H37IN4O3S. The van der Waals surface area contributed by atoms with E-state index in [2.05, 4.69) is 15.6 Å². The fourth-order valence-corrected chi connectivity index (χ4v) is 4.01. The molecule has 0 unspecified atom stereocenters. The lowest BCUT2D eigenvalue weighted by Crippen LogP contribution is -2.38. The molecule has 0 saturated heterocycles. The van der Waals surface area contributed by atoms with Crippen molar-refractivity contribution in [3.05, 3.63) is 29.8 Å². The highest BCUT2D eigenvalue weighted by molar-refractivity contribution is 14.0. The Morgan fingerprint density at radius 2 is 1.90 bits per heavy atom. The topological polar surface area (TPSA) is 83.0 Å². The van der Waals surface area contributed by atoms with Gasteiger partial charge < -0.3 is 15.4 Å². The van der Waals surface area contributed by atoms with Crippen LogP contribution in [0.15, 0.2) is 34.2 Å². The van der Waals surface area contributed by atoms with Gasteiger partial charge in [-0.05, 0) is 63.6 Å². The van der Waals surface area contributed by atoms with Gasteiger partial charge in [-0.1, -0.05) is 12.1 Å². The summed E-state index contributed by atoms with van der Waals surface area (Å²) in [6.45, 7) is 9.47. The van der Waals surface area contributed by atoms with Crippen molar-refractivity contribution < 1.29 is 13.2 Å². The number of aliphatic imine (C=N–C) groups is 1. The predicted octanol–water partition coefficient (Wildman–Crippen LogP) is 3.21. The Morgan fingerprint density at radius 3 is 2.47 bits per heavy atom. The van der Waals surface area contributed by atoms with Crippen LogP contribution >= 0.6 is 24.0 Å². The first kappa shape index (κ1) is 27.1. The zero-order valence-corrected chi connectivity index (χ0v) is 21.7. The van der Waals surface area contributed by atoms with Gasteiger partial charge in [0, 0.05) is 39.4 Å². The van der Waals surface area contributed by atoms with Gasteiger partial charge in [-0.3, -0.25) is 0 Å². The molecule has 1 saturated carbocycles. The van der Waals surface area contributed by atoms with Gasteiger partial charge in [-0.15, -0.1) is 24.0 Å². The van der Waals surface area contributed by atoms with Gasteiger partial charge in [0.05, 0.1) is 11.4 Å². The minimum atomic E-state index is -3.46. The number of benzene rings is 1. The molecule has 2 N–H and O–H groups in total. The number of hydrogen-bond donors (Lipinski definition) is 2. The third-order valence-corrected chi connectivity index (χ3v) is 6.95. The maximum atomic E-state index is 12.5. The van der Waals surface area contributed by atoms with Crippen molar-refractivity contribution in [1.29, 1.82) is 0 Å². The van der Waals surface area contributed by atoms with E-state index in [0.717, 1.165) is 50.2 Å². The summed E-state index contributed by atoms with van der Waals surface area (Å²) in [4.78, 5) is 4.89. The number of rotatable bonds is 12. The third-order valence-electron chi connectivity index (χ3n) is 4.90. The van der Waals surface area contributed by atoms with Gasteiger partial charge in [0.15, 0.2) is 5.96 Å². The molecule has 0 aromatic heterocycles. The third kappa shape index (κ3) is 9.07. The van der Waals surface area contributed by atoms with Crippen LogP contribution in [-0.4, -0.2) is 58.1 Å². The Hall–Kier alpha value is -0.910. The van der Waals surface area contributed by atoms with E-state index in [1.165, 1.54) is 17.1 Å². The zero-order valence-electron chi connectivity index (χ0n) is 18.6. The van der Waals surface area contributed by atoms with Gasteiger partial charge in [0.1, 0.15) is 0 Å². The predicted molar refractivity (Wildman–Crippen MR) is 133 cm³/mol. The quantitative estimate of drug-likeness (QED) is 0.180. The average Bonchev–Trinajstić information content (AvgIpc) is 3.52. The van der Waals surface area contributed by atoms with Crippen molar-refractivity contribution in [2.24, 2.45) is 10.9 Å². The fraction of sp³-hybridized carbons (Fsp3) is 0.667. The lowest BCUT2D eigenvalue weighted by atomic mass is 10.2. The van der Waals surface area contributed by atoms with Crippen LogP contribution in [0.4, 0.5) is 0 Å². The summed E-state index contributed by atoms with van der Waals surface area (Å²) in [5, 5.41) is 6.54. The van der Waals surface area contributed by atoms with Crippen molar-refractivity contribution in [1.82, 2.24) is 14.9 Å². The van der Waals surface area contributed by atoms with Gasteiger partial charge in [-0.2, -0.15) is 4.31 Å². The normalized spacial score (nSPS) is 14.7. The summed E-state index contributed by atoms with van der Waals surface area (Å²) in [5.74, 6) is 1.56. The summed E-state index contributed by atoms with van der Waals surface area (Å²) < 4.78 is 32.1. The first-order valence-electron chi connectivity index (χ1n) is 10.5. The van der Waals surface area contributed by atoms with Gasteiger partial charge >= 0.3 is 0 Å². The van der Waals surface area contributed by atoms with E-state index in [0.29, 0.717) is 11.4 Å². The molecule has 2 rings (SSSR count). The number of ether oxygens (including phenoxy) is 1. The van der Waals surface area contributed by atoms with Crippen LogP contribution in [0, 0.1) is 5.92 Å². The van der Waals surface area contributed by atoms with E-state index in [4.69, 9.17) is 4.74 Å². The van der Waals surface area contributed by atoms with E-state index >= 15 is 0 Å². The first-order valence-corrected chi connectivity index (χ1v) is 12.0. The molecule has 1 aliphatic carbocycles. The van der Waals surface area contributed by atoms with Crippen LogP contribution in [0.1, 0.15) is 45.6 Å². The molecule has 9 heteroatoms. The Labute approximate surface area is 199 Å². The van der Waals surface area contributed by atoms with Crippen LogP contribution in [0.5, 0.6) is 0 Å². The number of sulfonamides is 1. The summed E-state index contributed by atoms with van der Waals surface area (Å²) in [6.07, 6.45) is 3.57. The first-order chi connectivity index (χ1) is 13.8. The Balaban J connectivity index is 0.00000450. The summed E-state index contributed by atoms with van der Waals surface area (Å²) in [6, 6.07) is 6.85. The van der Waals surface area contributed by atoms with E-state index < -0.39 is 10.0 Å². The molecule has 30 heavy (non-hydrogen) atoms. The van der Waals surface area contributed by atoms with Crippen molar-refractivity contribution in [2.45, 2.75) is 57.5 Å². The molecule has 1 fully saturated rings. The molecule has 0 atom stereocenters. The minimum absolute atomic E-state index is 0. The second-order valence-electron chi connectivity index (χ2n) is 7.75. The summed E-state index contributed by atoms with van der Waals surface area (Å²) >= 11 is 0. The highest BCUT2D eigenvalue weighted by Gasteiger charge is 2.22. The largest absolute Gasteiger partial charge is 0.381 e. The van der Waals surface area contributed by atoms with E-state index in [1.54, 1.807) is 19.2 Å². The van der Waals surface area contributed by atoms with Crippen LogP contribution in [-0.2, 0) is 21.3 Å². The van der Waals surface area contributed by atoms with E-state index in [-0.39, 0.29) is 30.0 Å². The molecule has 1 aliphatic rings. The number of hydrogen-bond acceptors (Lipinski definition) is 4. The number of nitrogens with zero attached hydrogens (tertiary/aromatic N) is 2. The smallest absolute Gasteiger partial charge is 0.243 e. The molecule has 7 nitrogen and oxygen atoms in total. The average molecular weight is 553 g/mol. The van der Waals surface area contributed by atoms with E-state index in [1.807, 2.05) is 32.9 Å². The highest BCUT2D eigenvalue weighted by atomic mass is 127. The maximum absolute atomic E-state index is 12.5. The molecule has 1 aromatic rings. The molecule has 172 valence electrons. The lowest BCUT2D eigenvalue weighted by molar-refractivity contribution is 0.123. The second-order valence-corrected chi connectivity index (χ2v) is 9.75. The highest BCUT2D eigenvalue weighted by Crippen LogP contribution is 2.28. The molecule has 0 radical (unpaired) electrons. The molecule has 0 aliphatic heterocycles. The second kappa shape index (κ2) is 13.5. The fourth-order valence-electron chi connectivity index (χ4n) is 2.64. The lowest BCUT2D eigenvalue weighted by Gasteiger charge is -2.21. The van der Waals surface area contributed by atoms with Crippen molar-refractivity contribution in [3.63, 3.8) is 0 Å². The Bertz CT molecular complexity index is 750. The molecule has 0 spiro atoms. The molecule has 0 bridgehead atoms. The van der Waals surface area contributed by atoms with Gasteiger partial charge in [0.2, 0.25) is 10.0 Å². The molecule has 0 heterocycles. The van der Waals surface area contributed by atoms with Crippen LogP contribution in [0.25, 0.3) is 0 Å². The maximum Gasteiger partial charge on any atom is 0.243 e. The number of halogens is 1. The van der Waals surface area contributed by atoms with Crippen molar-refractivity contribution in [3.8, 4) is 0 Å². The summed E-state index contributed by atoms with van der Waals surface area (Å²) in [7, 11) is -1.85. The molecule has 1 aromatic carbocycles. The van der Waals surface area contributed by atoms with Gasteiger partial charge in [0.25, 0.3) is 0 Å². The Morgan fingerprint density at radius 1 is 1.23 bits per heavy atom. The van der Waals surface area contributed by atoms with Crippen molar-refractivity contribution >= 4 is 40.0 Å². The van der Waals surface area contributed by atoms with Crippen LogP contribution in [0.2, 0.25) is 0 Å². The zero-order chi connectivity index (χ0) is 21.3. The minimum Gasteiger partial charge on any atom is -0.381 e. The monoisotopic (exact) mass is 552 g/mol. The number of nitrogens with one attached hydrogen (secondary N) is 2. The van der Waals surface area contributed by atoms with Crippen LogP contribution in [0.3, 0.4) is 0 Å². The molecule has 0 amide bonds. The van der Waals surface area contributed by atoms with Crippen LogP contribution < -0.4 is 10.6 Å². The molecular weight excluding hydrogens is 515 g/mol. The Kier molecular flexibility index (Phi) is 12.2. The standard InChI is InChI=1S/C21H36N4O3S.HI/c1-5-22-21(23-13-6-14-28-16-19-7-8-19)24-15-18-9-11-20(12-10-18)29(26,27)25(4)17(2)3;/h9-12,17,19H,5-8,13-16H2,1-4H3,(H2,22,23,24);1H. The van der Waals surface area contributed by atoms with Gasteiger partial charge in [-0.25, -0.2) is 13.4 Å². The van der Waals surface area contributed by atoms with Crippen molar-refractivity contribution in [2.75, 3.05) is 33.4 Å². The summed E-state index contributed by atoms with van der Waals surface area (Å²) in [5.41, 5.74) is 0.959. The number of guanidine groups is 1.